The molecular formula is C20H27NO4S. The van der Waals surface area contributed by atoms with E-state index < -0.39 is 10.0 Å². The van der Waals surface area contributed by atoms with Gasteiger partial charge in [-0.1, -0.05) is 30.3 Å². The first-order valence-corrected chi connectivity index (χ1v) is 10.1. The highest BCUT2D eigenvalue weighted by Gasteiger charge is 2.27. The minimum Gasteiger partial charge on any atom is -0.491 e. The zero-order valence-electron chi connectivity index (χ0n) is 15.8. The number of aryl methyl sites for hydroxylation is 1. The molecule has 0 aromatic heterocycles. The van der Waals surface area contributed by atoms with Crippen molar-refractivity contribution < 1.29 is 17.9 Å². The topological polar surface area (TPSA) is 55.8 Å². The number of hydrogen-bond acceptors (Lipinski definition) is 4. The van der Waals surface area contributed by atoms with E-state index in [1.807, 2.05) is 51.1 Å². The van der Waals surface area contributed by atoms with Crippen LogP contribution in [0.3, 0.4) is 0 Å². The largest absolute Gasteiger partial charge is 0.491 e. The summed E-state index contributed by atoms with van der Waals surface area (Å²) in [4.78, 5) is 0.277. The van der Waals surface area contributed by atoms with E-state index in [-0.39, 0.29) is 10.9 Å². The van der Waals surface area contributed by atoms with E-state index in [9.17, 15) is 8.42 Å². The number of benzene rings is 2. The Morgan fingerprint density at radius 2 is 1.73 bits per heavy atom. The van der Waals surface area contributed by atoms with Crippen LogP contribution in [0.2, 0.25) is 0 Å². The number of methoxy groups -OCH3 is 1. The van der Waals surface area contributed by atoms with Crippen LogP contribution in [0.25, 0.3) is 0 Å². The van der Waals surface area contributed by atoms with E-state index in [0.717, 1.165) is 11.1 Å². The zero-order chi connectivity index (χ0) is 19.2. The Bertz CT molecular complexity index is 804. The lowest BCUT2D eigenvalue weighted by molar-refractivity contribution is 0.146. The summed E-state index contributed by atoms with van der Waals surface area (Å²) < 4.78 is 38.4. The second kappa shape index (κ2) is 9.16. The predicted molar refractivity (Wildman–Crippen MR) is 103 cm³/mol. The summed E-state index contributed by atoms with van der Waals surface area (Å²) in [6.45, 7) is 6.86. The second-order valence-electron chi connectivity index (χ2n) is 6.40. The fourth-order valence-corrected chi connectivity index (χ4v) is 4.33. The van der Waals surface area contributed by atoms with Gasteiger partial charge in [0.25, 0.3) is 0 Å². The lowest BCUT2D eigenvalue weighted by Crippen LogP contribution is -2.36. The van der Waals surface area contributed by atoms with Gasteiger partial charge in [0.1, 0.15) is 12.4 Å². The summed E-state index contributed by atoms with van der Waals surface area (Å²) in [5.74, 6) is 0.667. The molecular weight excluding hydrogens is 350 g/mol. The molecule has 0 radical (unpaired) electrons. The van der Waals surface area contributed by atoms with Gasteiger partial charge in [0.15, 0.2) is 0 Å². The molecule has 0 saturated carbocycles. The van der Waals surface area contributed by atoms with E-state index in [4.69, 9.17) is 9.47 Å². The third-order valence-corrected chi connectivity index (χ3v) is 6.07. The maximum atomic E-state index is 13.2. The summed E-state index contributed by atoms with van der Waals surface area (Å²) in [5.41, 5.74) is 1.74. The summed E-state index contributed by atoms with van der Waals surface area (Å²) in [6.07, 6.45) is 0. The van der Waals surface area contributed by atoms with Crippen molar-refractivity contribution in [3.8, 4) is 5.75 Å². The molecule has 0 unspecified atom stereocenters. The fourth-order valence-electron chi connectivity index (χ4n) is 2.62. The maximum Gasteiger partial charge on any atom is 0.243 e. The Hall–Kier alpha value is -1.89. The van der Waals surface area contributed by atoms with Crippen LogP contribution < -0.4 is 4.74 Å². The van der Waals surface area contributed by atoms with Crippen molar-refractivity contribution in [1.82, 2.24) is 4.31 Å². The van der Waals surface area contributed by atoms with E-state index in [1.54, 1.807) is 25.3 Å². The molecule has 26 heavy (non-hydrogen) atoms. The number of ether oxygens (including phenoxy) is 2. The molecule has 2 aromatic rings. The highest BCUT2D eigenvalue weighted by Crippen LogP contribution is 2.26. The van der Waals surface area contributed by atoms with E-state index in [1.165, 1.54) is 4.31 Å². The highest BCUT2D eigenvalue weighted by molar-refractivity contribution is 7.89. The smallest absolute Gasteiger partial charge is 0.243 e. The molecule has 5 nitrogen and oxygen atoms in total. The van der Waals surface area contributed by atoms with Crippen molar-refractivity contribution in [2.45, 2.75) is 38.3 Å². The third kappa shape index (κ3) is 5.06. The van der Waals surface area contributed by atoms with Gasteiger partial charge >= 0.3 is 0 Å². The number of sulfonamides is 1. The minimum atomic E-state index is -3.61. The number of rotatable bonds is 9. The maximum absolute atomic E-state index is 13.2. The van der Waals surface area contributed by atoms with Gasteiger partial charge in [-0.25, -0.2) is 8.42 Å². The fraction of sp³-hybridized carbons (Fsp3) is 0.400. The average Bonchev–Trinajstić information content (AvgIpc) is 2.61. The molecule has 0 atom stereocenters. The van der Waals surface area contributed by atoms with Gasteiger partial charge in [-0.05, 0) is 50.1 Å². The molecule has 0 heterocycles. The van der Waals surface area contributed by atoms with Gasteiger partial charge in [0.05, 0.1) is 11.5 Å². The first kappa shape index (κ1) is 20.4. The van der Waals surface area contributed by atoms with Gasteiger partial charge in [-0.2, -0.15) is 4.31 Å². The van der Waals surface area contributed by atoms with Gasteiger partial charge < -0.3 is 9.47 Å². The Morgan fingerprint density at radius 1 is 1.04 bits per heavy atom. The molecule has 0 aliphatic rings. The Labute approximate surface area is 156 Å². The van der Waals surface area contributed by atoms with Crippen LogP contribution in [0.4, 0.5) is 0 Å². The SMILES string of the molecule is COCCOc1ccc(S(=O)(=O)N(Cc2ccccc2)C(C)C)cc1C. The van der Waals surface area contributed by atoms with Crippen LogP contribution in [0.1, 0.15) is 25.0 Å². The van der Waals surface area contributed by atoms with E-state index >= 15 is 0 Å². The van der Waals surface area contributed by atoms with Crippen molar-refractivity contribution in [1.29, 1.82) is 0 Å². The van der Waals surface area contributed by atoms with Crippen molar-refractivity contribution in [3.05, 3.63) is 59.7 Å². The van der Waals surface area contributed by atoms with Crippen molar-refractivity contribution in [3.63, 3.8) is 0 Å². The van der Waals surface area contributed by atoms with Crippen molar-refractivity contribution in [2.24, 2.45) is 0 Å². The van der Waals surface area contributed by atoms with Crippen LogP contribution in [0, 0.1) is 6.92 Å². The molecule has 6 heteroatoms. The second-order valence-corrected chi connectivity index (χ2v) is 8.29. The van der Waals surface area contributed by atoms with Gasteiger partial charge in [0, 0.05) is 19.7 Å². The zero-order valence-corrected chi connectivity index (χ0v) is 16.6. The van der Waals surface area contributed by atoms with Gasteiger partial charge in [-0.3, -0.25) is 0 Å². The summed E-state index contributed by atoms with van der Waals surface area (Å²) in [5, 5.41) is 0. The van der Waals surface area contributed by atoms with Crippen molar-refractivity contribution in [2.75, 3.05) is 20.3 Å². The normalized spacial score (nSPS) is 11.9. The van der Waals surface area contributed by atoms with Gasteiger partial charge in [0.2, 0.25) is 10.0 Å². The highest BCUT2D eigenvalue weighted by atomic mass is 32.2. The first-order valence-electron chi connectivity index (χ1n) is 8.64. The quantitative estimate of drug-likeness (QED) is 0.626. The molecule has 2 aromatic carbocycles. The Balaban J connectivity index is 2.27. The summed E-state index contributed by atoms with van der Waals surface area (Å²) >= 11 is 0. The number of hydrogen-bond donors (Lipinski definition) is 0. The van der Waals surface area contributed by atoms with Crippen LogP contribution in [0.5, 0.6) is 5.75 Å². The molecule has 142 valence electrons. The Morgan fingerprint density at radius 3 is 2.31 bits per heavy atom. The third-order valence-electron chi connectivity index (χ3n) is 4.06. The summed E-state index contributed by atoms with van der Waals surface area (Å²) in [6, 6.07) is 14.4. The lowest BCUT2D eigenvalue weighted by Gasteiger charge is -2.26. The monoisotopic (exact) mass is 377 g/mol. The number of nitrogens with zero attached hydrogens (tertiary/aromatic N) is 1. The van der Waals surface area contributed by atoms with Crippen LogP contribution in [-0.2, 0) is 21.3 Å². The standard InChI is InChI=1S/C20H27NO4S/c1-16(2)21(15-18-8-6-5-7-9-18)26(22,23)19-10-11-20(17(3)14-19)25-13-12-24-4/h5-11,14,16H,12-13,15H2,1-4H3. The molecule has 0 saturated heterocycles. The van der Waals surface area contributed by atoms with Crippen LogP contribution in [-0.4, -0.2) is 39.1 Å². The average molecular weight is 378 g/mol. The molecule has 0 aliphatic heterocycles. The van der Waals surface area contributed by atoms with E-state index in [0.29, 0.717) is 25.5 Å². The molecule has 2 rings (SSSR count). The molecule has 0 aliphatic carbocycles. The van der Waals surface area contributed by atoms with Gasteiger partial charge in [-0.15, -0.1) is 0 Å². The first-order chi connectivity index (χ1) is 12.4. The lowest BCUT2D eigenvalue weighted by atomic mass is 10.2. The van der Waals surface area contributed by atoms with Crippen LogP contribution in [0.15, 0.2) is 53.4 Å². The van der Waals surface area contributed by atoms with Crippen LogP contribution >= 0.6 is 0 Å². The molecule has 0 spiro atoms. The minimum absolute atomic E-state index is 0.154. The molecule has 0 bridgehead atoms. The molecule has 0 amide bonds. The summed E-state index contributed by atoms with van der Waals surface area (Å²) in [7, 11) is -2.00. The predicted octanol–water partition coefficient (Wildman–Crippen LogP) is 3.62. The Kier molecular flexibility index (Phi) is 7.20. The molecule has 0 fully saturated rings. The molecule has 0 N–H and O–H groups in total. The van der Waals surface area contributed by atoms with E-state index in [2.05, 4.69) is 0 Å². The van der Waals surface area contributed by atoms with Crippen molar-refractivity contribution >= 4 is 10.0 Å².